The summed E-state index contributed by atoms with van der Waals surface area (Å²) in [5.74, 6) is 1.73. The molecule has 3 heteroatoms. The number of hydrogen-bond acceptors (Lipinski definition) is 3. The maximum absolute atomic E-state index is 9.21. The Labute approximate surface area is 114 Å². The number of nitrogens with zero attached hydrogens (tertiary/aromatic N) is 1. The number of anilines is 1. The van der Waals surface area contributed by atoms with E-state index in [1.807, 2.05) is 24.3 Å². The van der Waals surface area contributed by atoms with E-state index in [9.17, 15) is 5.11 Å². The Morgan fingerprint density at radius 1 is 0.895 bits per heavy atom. The van der Waals surface area contributed by atoms with Crippen molar-refractivity contribution >= 4 is 5.69 Å². The van der Waals surface area contributed by atoms with Crippen LogP contribution >= 0.6 is 0 Å². The van der Waals surface area contributed by atoms with E-state index >= 15 is 0 Å². The highest BCUT2D eigenvalue weighted by atomic mass is 16.5. The molecule has 0 radical (unpaired) electrons. The van der Waals surface area contributed by atoms with Gasteiger partial charge in [0.15, 0.2) is 0 Å². The van der Waals surface area contributed by atoms with Gasteiger partial charge in [0, 0.05) is 18.8 Å². The number of benzene rings is 2. The van der Waals surface area contributed by atoms with Gasteiger partial charge in [0.25, 0.3) is 0 Å². The summed E-state index contributed by atoms with van der Waals surface area (Å²) < 4.78 is 5.70. The fraction of sp³-hybridized carbons (Fsp3) is 0.250. The zero-order chi connectivity index (χ0) is 13.8. The van der Waals surface area contributed by atoms with Crippen LogP contribution in [0.15, 0.2) is 48.5 Å². The Morgan fingerprint density at radius 3 is 1.84 bits per heavy atom. The average molecular weight is 257 g/mol. The van der Waals surface area contributed by atoms with E-state index in [0.717, 1.165) is 11.4 Å². The van der Waals surface area contributed by atoms with Crippen molar-refractivity contribution in [3.05, 3.63) is 48.5 Å². The molecule has 0 unspecified atom stereocenters. The quantitative estimate of drug-likeness (QED) is 0.897. The molecule has 0 aliphatic rings. The van der Waals surface area contributed by atoms with Gasteiger partial charge in [-0.25, -0.2) is 0 Å². The van der Waals surface area contributed by atoms with Gasteiger partial charge in [-0.1, -0.05) is 0 Å². The van der Waals surface area contributed by atoms with Crippen LogP contribution in [0.1, 0.15) is 13.8 Å². The first-order chi connectivity index (χ1) is 9.06. The van der Waals surface area contributed by atoms with Gasteiger partial charge in [-0.3, -0.25) is 0 Å². The van der Waals surface area contributed by atoms with E-state index in [-0.39, 0.29) is 5.75 Å². The van der Waals surface area contributed by atoms with Crippen molar-refractivity contribution < 1.29 is 9.84 Å². The smallest absolute Gasteiger partial charge is 0.127 e. The van der Waals surface area contributed by atoms with E-state index in [4.69, 9.17) is 4.74 Å². The predicted octanol–water partition coefficient (Wildman–Crippen LogP) is 4.03. The summed E-state index contributed by atoms with van der Waals surface area (Å²) in [5, 5.41) is 9.21. The molecule has 1 N–H and O–H groups in total. The molecule has 19 heavy (non-hydrogen) atoms. The second kappa shape index (κ2) is 5.65. The molecule has 3 nitrogen and oxygen atoms in total. The molecular formula is C16H19NO2. The van der Waals surface area contributed by atoms with E-state index in [2.05, 4.69) is 25.8 Å². The molecule has 0 aliphatic heterocycles. The Kier molecular flexibility index (Phi) is 3.95. The third kappa shape index (κ3) is 3.41. The molecule has 0 spiro atoms. The monoisotopic (exact) mass is 257 g/mol. The fourth-order valence-electron chi connectivity index (χ4n) is 1.70. The average Bonchev–Trinajstić information content (AvgIpc) is 2.41. The molecule has 0 fully saturated rings. The topological polar surface area (TPSA) is 32.7 Å². The fourth-order valence-corrected chi connectivity index (χ4v) is 1.70. The number of ether oxygens (including phenoxy) is 1. The van der Waals surface area contributed by atoms with Crippen LogP contribution in [-0.2, 0) is 0 Å². The minimum atomic E-state index is 0.237. The van der Waals surface area contributed by atoms with Crippen molar-refractivity contribution in [2.24, 2.45) is 0 Å². The molecule has 0 heterocycles. The van der Waals surface area contributed by atoms with E-state index in [1.54, 1.807) is 24.3 Å². The van der Waals surface area contributed by atoms with Crippen molar-refractivity contribution in [3.8, 4) is 17.2 Å². The third-order valence-corrected chi connectivity index (χ3v) is 3.09. The maximum atomic E-state index is 9.21. The van der Waals surface area contributed by atoms with Gasteiger partial charge < -0.3 is 14.7 Å². The molecule has 0 bridgehead atoms. The summed E-state index contributed by atoms with van der Waals surface area (Å²) in [6.45, 7) is 4.31. The molecule has 2 rings (SSSR count). The molecule has 0 aliphatic carbocycles. The Bertz CT molecular complexity index is 517. The van der Waals surface area contributed by atoms with Crippen LogP contribution in [0.2, 0.25) is 0 Å². The van der Waals surface area contributed by atoms with Crippen LogP contribution in [0.5, 0.6) is 17.2 Å². The second-order valence-electron chi connectivity index (χ2n) is 4.79. The molecule has 0 saturated heterocycles. The van der Waals surface area contributed by atoms with Crippen molar-refractivity contribution in [1.82, 2.24) is 0 Å². The zero-order valence-electron chi connectivity index (χ0n) is 11.5. The van der Waals surface area contributed by atoms with Gasteiger partial charge in [-0.2, -0.15) is 0 Å². The third-order valence-electron chi connectivity index (χ3n) is 3.09. The summed E-state index contributed by atoms with van der Waals surface area (Å²) in [6, 6.07) is 15.1. The number of aromatic hydroxyl groups is 1. The van der Waals surface area contributed by atoms with Crippen LogP contribution in [0.4, 0.5) is 5.69 Å². The highest BCUT2D eigenvalue weighted by molar-refractivity contribution is 5.49. The van der Waals surface area contributed by atoms with E-state index < -0.39 is 0 Å². The molecule has 0 aromatic heterocycles. The first-order valence-electron chi connectivity index (χ1n) is 6.36. The normalized spacial score (nSPS) is 10.5. The first kappa shape index (κ1) is 13.3. The van der Waals surface area contributed by atoms with Crippen molar-refractivity contribution in [3.63, 3.8) is 0 Å². The van der Waals surface area contributed by atoms with Crippen molar-refractivity contribution in [1.29, 1.82) is 0 Å². The van der Waals surface area contributed by atoms with Gasteiger partial charge in [-0.15, -0.1) is 0 Å². The first-order valence-corrected chi connectivity index (χ1v) is 6.36. The highest BCUT2D eigenvalue weighted by Gasteiger charge is 2.05. The lowest BCUT2D eigenvalue weighted by atomic mass is 10.2. The molecule has 2 aromatic rings. The lowest BCUT2D eigenvalue weighted by Gasteiger charge is -2.23. The SMILES string of the molecule is CC(C)N(C)c1ccc(Oc2ccc(O)cc2)cc1. The van der Waals surface area contributed by atoms with Gasteiger partial charge in [-0.05, 0) is 62.4 Å². The lowest BCUT2D eigenvalue weighted by Crippen LogP contribution is -2.25. The zero-order valence-corrected chi connectivity index (χ0v) is 11.5. The molecule has 0 atom stereocenters. The maximum Gasteiger partial charge on any atom is 0.127 e. The number of rotatable bonds is 4. The standard InChI is InChI=1S/C16H19NO2/c1-12(2)17(3)13-4-8-15(9-5-13)19-16-10-6-14(18)7-11-16/h4-12,18H,1-3H3. The Balaban J connectivity index is 2.08. The molecule has 2 aromatic carbocycles. The largest absolute Gasteiger partial charge is 0.508 e. The summed E-state index contributed by atoms with van der Waals surface area (Å²) in [4.78, 5) is 2.20. The minimum Gasteiger partial charge on any atom is -0.508 e. The number of phenols is 1. The summed E-state index contributed by atoms with van der Waals surface area (Å²) in [5.41, 5.74) is 1.16. The highest BCUT2D eigenvalue weighted by Crippen LogP contribution is 2.25. The Hall–Kier alpha value is -2.16. The van der Waals surface area contributed by atoms with E-state index in [0.29, 0.717) is 11.8 Å². The molecule has 0 saturated carbocycles. The van der Waals surface area contributed by atoms with E-state index in [1.165, 1.54) is 0 Å². The van der Waals surface area contributed by atoms with Gasteiger partial charge in [0.2, 0.25) is 0 Å². The van der Waals surface area contributed by atoms with Crippen LogP contribution < -0.4 is 9.64 Å². The van der Waals surface area contributed by atoms with Crippen LogP contribution in [0.25, 0.3) is 0 Å². The van der Waals surface area contributed by atoms with Gasteiger partial charge in [0.1, 0.15) is 17.2 Å². The summed E-state index contributed by atoms with van der Waals surface area (Å²) in [7, 11) is 2.07. The second-order valence-corrected chi connectivity index (χ2v) is 4.79. The Morgan fingerprint density at radius 2 is 1.37 bits per heavy atom. The molecule has 100 valence electrons. The summed E-state index contributed by atoms with van der Waals surface area (Å²) >= 11 is 0. The molecular weight excluding hydrogens is 238 g/mol. The lowest BCUT2D eigenvalue weighted by molar-refractivity contribution is 0.464. The van der Waals surface area contributed by atoms with Gasteiger partial charge >= 0.3 is 0 Å². The predicted molar refractivity (Wildman–Crippen MR) is 78.2 cm³/mol. The van der Waals surface area contributed by atoms with Crippen LogP contribution in [0, 0.1) is 0 Å². The van der Waals surface area contributed by atoms with Crippen LogP contribution in [-0.4, -0.2) is 18.2 Å². The summed E-state index contributed by atoms with van der Waals surface area (Å²) in [6.07, 6.45) is 0. The minimum absolute atomic E-state index is 0.237. The van der Waals surface area contributed by atoms with Crippen molar-refractivity contribution in [2.45, 2.75) is 19.9 Å². The number of phenolic OH excluding ortho intramolecular Hbond substituents is 1. The number of hydrogen-bond donors (Lipinski definition) is 1. The van der Waals surface area contributed by atoms with Crippen molar-refractivity contribution in [2.75, 3.05) is 11.9 Å². The molecule has 0 amide bonds. The van der Waals surface area contributed by atoms with Crippen LogP contribution in [0.3, 0.4) is 0 Å². The van der Waals surface area contributed by atoms with Gasteiger partial charge in [0.05, 0.1) is 0 Å².